The Balaban J connectivity index is 1.66. The van der Waals surface area contributed by atoms with Crippen molar-refractivity contribution in [2.24, 2.45) is 4.99 Å². The number of nitrogens with zero attached hydrogens (tertiary/aromatic N) is 2. The lowest BCUT2D eigenvalue weighted by atomic mass is 10.2. The highest BCUT2D eigenvalue weighted by atomic mass is 35.5. The molecule has 1 unspecified atom stereocenters. The van der Waals surface area contributed by atoms with Gasteiger partial charge in [-0.1, -0.05) is 48.5 Å². The van der Waals surface area contributed by atoms with Gasteiger partial charge in [0, 0.05) is 24.2 Å². The van der Waals surface area contributed by atoms with Gasteiger partial charge in [-0.15, -0.1) is 0 Å². The molecule has 0 saturated carbocycles. The molecule has 1 heterocycles. The Morgan fingerprint density at radius 3 is 2.61 bits per heavy atom. The minimum Gasteiger partial charge on any atom is -0.326 e. The van der Waals surface area contributed by atoms with Crippen LogP contribution in [0.4, 0.5) is 11.4 Å². The number of hydrogen-bond acceptors (Lipinski definition) is 4. The molecular weight excluding hydrogens is 394 g/mol. The summed E-state index contributed by atoms with van der Waals surface area (Å²) < 4.78 is 0. The first-order valence-corrected chi connectivity index (χ1v) is 10.3. The van der Waals surface area contributed by atoms with E-state index in [2.05, 4.69) is 17.2 Å². The number of rotatable bonds is 5. The zero-order valence-electron chi connectivity index (χ0n) is 16.0. The highest BCUT2D eigenvalue weighted by Crippen LogP contribution is 2.31. The minimum absolute atomic E-state index is 0.0765. The molecule has 1 fully saturated rings. The van der Waals surface area contributed by atoms with E-state index in [9.17, 15) is 9.59 Å². The van der Waals surface area contributed by atoms with Crippen LogP contribution in [0.15, 0.2) is 47.5 Å². The number of anilines is 1. The molecule has 2 aromatic carbocycles. The van der Waals surface area contributed by atoms with E-state index in [1.807, 2.05) is 37.3 Å². The van der Waals surface area contributed by atoms with Gasteiger partial charge in [0.2, 0.25) is 11.8 Å². The van der Waals surface area contributed by atoms with Crippen molar-refractivity contribution in [3.05, 3.63) is 58.6 Å². The molecule has 0 radical (unpaired) electrons. The summed E-state index contributed by atoms with van der Waals surface area (Å²) in [4.78, 5) is 31.0. The maximum absolute atomic E-state index is 12.5. The molecule has 3 rings (SSSR count). The van der Waals surface area contributed by atoms with Crippen LogP contribution in [0.3, 0.4) is 0 Å². The standard InChI is InChI=1S/C21H22ClN3O2S/c1-4-14-6-9-15(10-7-14)24-21-25(3)20(27)18(28-21)12-19(26)23-16-8-5-13(2)17(22)11-16/h5-11,18H,4,12H2,1-3H3,(H,23,26). The number of aryl methyl sites for hydroxylation is 2. The number of hydrogen-bond donors (Lipinski definition) is 1. The Bertz CT molecular complexity index is 928. The fourth-order valence-electron chi connectivity index (χ4n) is 2.76. The average Bonchev–Trinajstić information content (AvgIpc) is 2.93. The molecule has 28 heavy (non-hydrogen) atoms. The minimum atomic E-state index is -0.486. The Morgan fingerprint density at radius 1 is 1.25 bits per heavy atom. The van der Waals surface area contributed by atoms with Crippen molar-refractivity contribution in [3.8, 4) is 0 Å². The highest BCUT2D eigenvalue weighted by molar-refractivity contribution is 8.15. The van der Waals surface area contributed by atoms with Crippen molar-refractivity contribution in [2.45, 2.75) is 31.9 Å². The number of halogens is 1. The zero-order valence-corrected chi connectivity index (χ0v) is 17.6. The lowest BCUT2D eigenvalue weighted by Gasteiger charge is -2.10. The monoisotopic (exact) mass is 415 g/mol. The van der Waals surface area contributed by atoms with E-state index in [1.165, 1.54) is 22.2 Å². The van der Waals surface area contributed by atoms with Crippen LogP contribution >= 0.6 is 23.4 Å². The van der Waals surface area contributed by atoms with Crippen LogP contribution in [0.1, 0.15) is 24.5 Å². The molecule has 1 atom stereocenters. The maximum atomic E-state index is 12.5. The van der Waals surface area contributed by atoms with Gasteiger partial charge in [0.1, 0.15) is 5.25 Å². The Hall–Kier alpha value is -2.31. The Morgan fingerprint density at radius 2 is 1.96 bits per heavy atom. The summed E-state index contributed by atoms with van der Waals surface area (Å²) >= 11 is 7.41. The second-order valence-electron chi connectivity index (χ2n) is 6.63. The van der Waals surface area contributed by atoms with Gasteiger partial charge in [-0.05, 0) is 48.7 Å². The van der Waals surface area contributed by atoms with E-state index in [-0.39, 0.29) is 18.2 Å². The zero-order chi connectivity index (χ0) is 20.3. The van der Waals surface area contributed by atoms with E-state index in [1.54, 1.807) is 19.2 Å². The summed E-state index contributed by atoms with van der Waals surface area (Å²) in [5.41, 5.74) is 3.59. The van der Waals surface area contributed by atoms with Gasteiger partial charge in [0.05, 0.1) is 5.69 Å². The lowest BCUT2D eigenvalue weighted by Crippen LogP contribution is -2.30. The van der Waals surface area contributed by atoms with Crippen LogP contribution in [0, 0.1) is 6.92 Å². The fourth-order valence-corrected chi connectivity index (χ4v) is 4.10. The molecule has 146 valence electrons. The summed E-state index contributed by atoms with van der Waals surface area (Å²) in [6.45, 7) is 3.99. The molecule has 0 aliphatic carbocycles. The number of amidine groups is 1. The van der Waals surface area contributed by atoms with Crippen molar-refractivity contribution < 1.29 is 9.59 Å². The molecule has 5 nitrogen and oxygen atoms in total. The molecule has 1 N–H and O–H groups in total. The summed E-state index contributed by atoms with van der Waals surface area (Å²) in [7, 11) is 1.69. The summed E-state index contributed by atoms with van der Waals surface area (Å²) in [6, 6.07) is 13.3. The summed E-state index contributed by atoms with van der Waals surface area (Å²) in [5.74, 6) is -0.348. The van der Waals surface area contributed by atoms with E-state index >= 15 is 0 Å². The first-order chi connectivity index (χ1) is 13.4. The quantitative estimate of drug-likeness (QED) is 0.762. The van der Waals surface area contributed by atoms with Crippen LogP contribution < -0.4 is 5.32 Å². The lowest BCUT2D eigenvalue weighted by molar-refractivity contribution is -0.127. The second-order valence-corrected chi connectivity index (χ2v) is 8.21. The van der Waals surface area contributed by atoms with Gasteiger partial charge < -0.3 is 5.32 Å². The predicted molar refractivity (Wildman–Crippen MR) is 116 cm³/mol. The van der Waals surface area contributed by atoms with Crippen molar-refractivity contribution in [1.29, 1.82) is 0 Å². The number of nitrogens with one attached hydrogen (secondary N) is 1. The normalized spacial score (nSPS) is 18.0. The number of carbonyl (C=O) groups excluding carboxylic acids is 2. The van der Waals surface area contributed by atoms with Crippen molar-refractivity contribution in [3.63, 3.8) is 0 Å². The van der Waals surface area contributed by atoms with Crippen molar-refractivity contribution >= 4 is 51.7 Å². The number of benzene rings is 2. The van der Waals surface area contributed by atoms with Gasteiger partial charge >= 0.3 is 0 Å². The van der Waals surface area contributed by atoms with E-state index in [4.69, 9.17) is 11.6 Å². The van der Waals surface area contributed by atoms with Crippen molar-refractivity contribution in [2.75, 3.05) is 12.4 Å². The summed E-state index contributed by atoms with van der Waals surface area (Å²) in [5, 5.41) is 3.51. The fraction of sp³-hybridized carbons (Fsp3) is 0.286. The van der Waals surface area contributed by atoms with Crippen LogP contribution in [0.5, 0.6) is 0 Å². The van der Waals surface area contributed by atoms with E-state index in [0.29, 0.717) is 15.9 Å². The number of carbonyl (C=O) groups is 2. The first-order valence-electron chi connectivity index (χ1n) is 9.05. The topological polar surface area (TPSA) is 61.8 Å². The second kappa shape index (κ2) is 8.80. The van der Waals surface area contributed by atoms with Gasteiger partial charge in [0.15, 0.2) is 5.17 Å². The molecule has 7 heteroatoms. The third kappa shape index (κ3) is 4.75. The molecular formula is C21H22ClN3O2S. The Labute approximate surface area is 174 Å². The van der Waals surface area contributed by atoms with Crippen molar-refractivity contribution in [1.82, 2.24) is 4.90 Å². The molecule has 2 aromatic rings. The van der Waals surface area contributed by atoms with Gasteiger partial charge in [-0.25, -0.2) is 4.99 Å². The number of amides is 2. The first kappa shape index (κ1) is 20.4. The van der Waals surface area contributed by atoms with E-state index in [0.717, 1.165) is 17.7 Å². The van der Waals surface area contributed by atoms with Crippen LogP contribution in [0.2, 0.25) is 5.02 Å². The summed E-state index contributed by atoms with van der Waals surface area (Å²) in [6.07, 6.45) is 1.04. The largest absolute Gasteiger partial charge is 0.326 e. The molecule has 0 aromatic heterocycles. The molecule has 1 aliphatic heterocycles. The molecule has 1 saturated heterocycles. The van der Waals surface area contributed by atoms with Gasteiger partial charge in [0.25, 0.3) is 0 Å². The molecule has 0 spiro atoms. The third-order valence-corrected chi connectivity index (χ3v) is 6.17. The van der Waals surface area contributed by atoms with Crippen LogP contribution in [-0.2, 0) is 16.0 Å². The average molecular weight is 416 g/mol. The molecule has 2 amide bonds. The van der Waals surface area contributed by atoms with E-state index < -0.39 is 5.25 Å². The molecule has 1 aliphatic rings. The Kier molecular flexibility index (Phi) is 6.42. The van der Waals surface area contributed by atoms with Gasteiger partial charge in [-0.2, -0.15) is 0 Å². The highest BCUT2D eigenvalue weighted by Gasteiger charge is 2.37. The number of aliphatic imine (C=N–C) groups is 1. The number of thioether (sulfide) groups is 1. The van der Waals surface area contributed by atoms with Crippen LogP contribution in [-0.4, -0.2) is 34.2 Å². The maximum Gasteiger partial charge on any atom is 0.242 e. The SMILES string of the molecule is CCc1ccc(N=C2SC(CC(=O)Nc3ccc(C)c(Cl)c3)C(=O)N2C)cc1. The van der Waals surface area contributed by atoms with Crippen LogP contribution in [0.25, 0.3) is 0 Å². The predicted octanol–water partition coefficient (Wildman–Crippen LogP) is 4.80. The molecule has 0 bridgehead atoms. The smallest absolute Gasteiger partial charge is 0.242 e. The van der Waals surface area contributed by atoms with Gasteiger partial charge in [-0.3, -0.25) is 14.5 Å². The third-order valence-electron chi connectivity index (χ3n) is 4.54.